The quantitative estimate of drug-likeness (QED) is 0.640. The molecular weight excluding hydrogens is 332 g/mol. The van der Waals surface area contributed by atoms with Crippen LogP contribution >= 0.6 is 0 Å². The first-order chi connectivity index (χ1) is 12.6. The third kappa shape index (κ3) is 3.43. The zero-order valence-corrected chi connectivity index (χ0v) is 18.2. The third-order valence-corrected chi connectivity index (χ3v) is 10.0. The lowest BCUT2D eigenvalue weighted by atomic mass is 9.44. The number of ketones is 1. The summed E-state index contributed by atoms with van der Waals surface area (Å²) in [4.78, 5) is 12.0. The zero-order chi connectivity index (χ0) is 19.4. The second-order valence-corrected chi connectivity index (χ2v) is 11.9. The number of carbonyl (C=O) groups excluding carboxylic acids is 1. The maximum Gasteiger partial charge on any atom is 0.133 e. The first kappa shape index (κ1) is 19.9. The van der Waals surface area contributed by atoms with Crippen molar-refractivity contribution >= 4 is 5.78 Å². The lowest BCUT2D eigenvalue weighted by Crippen LogP contribution is -2.53. The molecule has 0 spiro atoms. The SMILES string of the molecule is CC(C)(O)CCC[C@H]1CCC2C3CC[C@@H]4CC(=O)CC[C@]4(C)C3CC[C@@]21C. The molecule has 7 atom stereocenters. The molecule has 4 aliphatic rings. The van der Waals surface area contributed by atoms with Gasteiger partial charge in [-0.15, -0.1) is 0 Å². The van der Waals surface area contributed by atoms with Gasteiger partial charge in [-0.05, 0) is 112 Å². The van der Waals surface area contributed by atoms with Gasteiger partial charge in [-0.1, -0.05) is 20.3 Å². The van der Waals surface area contributed by atoms with E-state index in [1.54, 1.807) is 0 Å². The van der Waals surface area contributed by atoms with Crippen LogP contribution in [0.3, 0.4) is 0 Å². The van der Waals surface area contributed by atoms with Crippen molar-refractivity contribution in [3.63, 3.8) is 0 Å². The summed E-state index contributed by atoms with van der Waals surface area (Å²) in [6, 6.07) is 0. The lowest BCUT2D eigenvalue weighted by Gasteiger charge is -2.60. The predicted molar refractivity (Wildman–Crippen MR) is 110 cm³/mol. The Morgan fingerprint density at radius 1 is 1.00 bits per heavy atom. The molecule has 154 valence electrons. The van der Waals surface area contributed by atoms with Gasteiger partial charge in [0.2, 0.25) is 0 Å². The number of fused-ring (bicyclic) bond motifs is 5. The number of Topliss-reactive ketones (excluding diaryl/α,β-unsaturated/α-hetero) is 1. The van der Waals surface area contributed by atoms with E-state index in [9.17, 15) is 9.90 Å². The van der Waals surface area contributed by atoms with Crippen molar-refractivity contribution in [2.24, 2.45) is 40.4 Å². The van der Waals surface area contributed by atoms with Crippen molar-refractivity contribution in [3.05, 3.63) is 0 Å². The van der Waals surface area contributed by atoms with Gasteiger partial charge in [0.25, 0.3) is 0 Å². The van der Waals surface area contributed by atoms with Crippen LogP contribution in [0.2, 0.25) is 0 Å². The molecule has 0 amide bonds. The van der Waals surface area contributed by atoms with E-state index in [0.717, 1.165) is 49.4 Å². The lowest BCUT2D eigenvalue weighted by molar-refractivity contribution is -0.139. The average molecular weight is 375 g/mol. The largest absolute Gasteiger partial charge is 0.390 e. The predicted octanol–water partition coefficient (Wildman–Crippen LogP) is 6.16. The Morgan fingerprint density at radius 3 is 2.48 bits per heavy atom. The highest BCUT2D eigenvalue weighted by Crippen LogP contribution is 2.67. The molecule has 0 aromatic carbocycles. The van der Waals surface area contributed by atoms with Crippen LogP contribution in [0.1, 0.15) is 105 Å². The normalized spacial score (nSPS) is 47.3. The summed E-state index contributed by atoms with van der Waals surface area (Å²) in [6.45, 7) is 9.07. The van der Waals surface area contributed by atoms with Crippen LogP contribution in [0.25, 0.3) is 0 Å². The minimum atomic E-state index is -0.512. The summed E-state index contributed by atoms with van der Waals surface area (Å²) in [6.07, 6.45) is 14.6. The molecule has 0 radical (unpaired) electrons. The summed E-state index contributed by atoms with van der Waals surface area (Å²) in [5.41, 5.74) is 0.466. The minimum Gasteiger partial charge on any atom is -0.390 e. The van der Waals surface area contributed by atoms with E-state index in [1.807, 2.05) is 13.8 Å². The molecule has 0 aromatic heterocycles. The summed E-state index contributed by atoms with van der Waals surface area (Å²) in [7, 11) is 0. The Balaban J connectivity index is 1.46. The van der Waals surface area contributed by atoms with Crippen molar-refractivity contribution in [3.8, 4) is 0 Å². The van der Waals surface area contributed by atoms with Crippen molar-refractivity contribution in [1.29, 1.82) is 0 Å². The molecule has 0 bridgehead atoms. The highest BCUT2D eigenvalue weighted by Gasteiger charge is 2.59. The molecule has 4 rings (SSSR count). The standard InChI is InChI=1S/C25H42O2/c1-23(2,27)13-5-6-17-8-10-21-20-9-7-18-16-19(26)11-14-25(18,4)22(20)12-15-24(17,21)3/h17-18,20-22,27H,5-16H2,1-4H3/t17-,18+,20?,21?,22?,24+,25-/m0/s1. The highest BCUT2D eigenvalue weighted by molar-refractivity contribution is 5.79. The third-order valence-electron chi connectivity index (χ3n) is 10.0. The fourth-order valence-electron chi connectivity index (χ4n) is 8.41. The van der Waals surface area contributed by atoms with Crippen LogP contribution in [0.4, 0.5) is 0 Å². The Morgan fingerprint density at radius 2 is 1.74 bits per heavy atom. The summed E-state index contributed by atoms with van der Waals surface area (Å²) >= 11 is 0. The van der Waals surface area contributed by atoms with Gasteiger partial charge in [-0.2, -0.15) is 0 Å². The Bertz CT molecular complexity index is 575. The molecule has 0 saturated heterocycles. The molecule has 1 N–H and O–H groups in total. The van der Waals surface area contributed by atoms with Crippen molar-refractivity contribution < 1.29 is 9.90 Å². The summed E-state index contributed by atoms with van der Waals surface area (Å²) < 4.78 is 0. The van der Waals surface area contributed by atoms with Crippen LogP contribution in [-0.2, 0) is 4.79 Å². The molecule has 4 aliphatic carbocycles. The van der Waals surface area contributed by atoms with Gasteiger partial charge in [-0.3, -0.25) is 4.79 Å². The van der Waals surface area contributed by atoms with Crippen LogP contribution in [0.5, 0.6) is 0 Å². The Hall–Kier alpha value is -0.370. The first-order valence-electron chi connectivity index (χ1n) is 11.9. The van der Waals surface area contributed by atoms with E-state index in [1.165, 1.54) is 51.4 Å². The van der Waals surface area contributed by atoms with Gasteiger partial charge >= 0.3 is 0 Å². The van der Waals surface area contributed by atoms with Gasteiger partial charge in [0.15, 0.2) is 0 Å². The fraction of sp³-hybridized carbons (Fsp3) is 0.960. The topological polar surface area (TPSA) is 37.3 Å². The molecule has 2 heteroatoms. The molecule has 0 aromatic rings. The molecule has 0 heterocycles. The second-order valence-electron chi connectivity index (χ2n) is 11.9. The molecule has 0 aliphatic heterocycles. The van der Waals surface area contributed by atoms with E-state index >= 15 is 0 Å². The van der Waals surface area contributed by atoms with Crippen LogP contribution in [-0.4, -0.2) is 16.5 Å². The molecule has 4 fully saturated rings. The van der Waals surface area contributed by atoms with E-state index in [2.05, 4.69) is 13.8 Å². The van der Waals surface area contributed by atoms with Gasteiger partial charge < -0.3 is 5.11 Å². The Labute approximate surface area is 166 Å². The average Bonchev–Trinajstić information content (AvgIpc) is 2.91. The Kier molecular flexibility index (Phi) is 5.06. The number of carbonyl (C=O) groups is 1. The minimum absolute atomic E-state index is 0.442. The van der Waals surface area contributed by atoms with Crippen LogP contribution in [0.15, 0.2) is 0 Å². The molecular formula is C25H42O2. The number of aliphatic hydroxyl groups is 1. The van der Waals surface area contributed by atoms with Crippen molar-refractivity contribution in [1.82, 2.24) is 0 Å². The maximum atomic E-state index is 12.0. The molecule has 2 nitrogen and oxygen atoms in total. The van der Waals surface area contributed by atoms with Gasteiger partial charge in [0, 0.05) is 12.8 Å². The summed E-state index contributed by atoms with van der Waals surface area (Å²) in [5, 5.41) is 10.1. The number of hydrogen-bond donors (Lipinski definition) is 1. The van der Waals surface area contributed by atoms with Crippen molar-refractivity contribution in [2.45, 2.75) is 110 Å². The van der Waals surface area contributed by atoms with Gasteiger partial charge in [0.05, 0.1) is 5.60 Å². The molecule has 3 unspecified atom stereocenters. The van der Waals surface area contributed by atoms with E-state index in [4.69, 9.17) is 0 Å². The monoisotopic (exact) mass is 374 g/mol. The van der Waals surface area contributed by atoms with Crippen molar-refractivity contribution in [2.75, 3.05) is 0 Å². The zero-order valence-electron chi connectivity index (χ0n) is 18.2. The second kappa shape index (κ2) is 6.85. The van der Waals surface area contributed by atoms with Crippen LogP contribution in [0, 0.1) is 40.4 Å². The van der Waals surface area contributed by atoms with E-state index in [0.29, 0.717) is 22.5 Å². The maximum absolute atomic E-state index is 12.0. The van der Waals surface area contributed by atoms with Gasteiger partial charge in [0.1, 0.15) is 5.78 Å². The van der Waals surface area contributed by atoms with E-state index in [-0.39, 0.29) is 0 Å². The fourth-order valence-corrected chi connectivity index (χ4v) is 8.41. The first-order valence-corrected chi connectivity index (χ1v) is 11.9. The van der Waals surface area contributed by atoms with E-state index < -0.39 is 5.60 Å². The van der Waals surface area contributed by atoms with Crippen LogP contribution < -0.4 is 0 Å². The molecule has 27 heavy (non-hydrogen) atoms. The van der Waals surface area contributed by atoms with Gasteiger partial charge in [-0.25, -0.2) is 0 Å². The smallest absolute Gasteiger partial charge is 0.133 e. The number of rotatable bonds is 4. The highest BCUT2D eigenvalue weighted by atomic mass is 16.3. The number of hydrogen-bond acceptors (Lipinski definition) is 2. The molecule has 4 saturated carbocycles. The summed E-state index contributed by atoms with van der Waals surface area (Å²) in [5.74, 6) is 4.77.